The third-order valence-corrected chi connectivity index (χ3v) is 3.07. The van der Waals surface area contributed by atoms with Crippen LogP contribution in [0.3, 0.4) is 0 Å². The van der Waals surface area contributed by atoms with E-state index in [2.05, 4.69) is 4.28 Å². The Hall–Kier alpha value is -2.29. The fourth-order valence-corrected chi connectivity index (χ4v) is 2.18. The molecule has 0 unspecified atom stereocenters. The predicted octanol–water partition coefficient (Wildman–Crippen LogP) is 2.58. The molecule has 2 rings (SSSR count). The van der Waals surface area contributed by atoms with E-state index in [-0.39, 0.29) is 11.5 Å². The van der Waals surface area contributed by atoms with E-state index in [1.54, 1.807) is 24.3 Å². The van der Waals surface area contributed by atoms with E-state index in [9.17, 15) is 17.6 Å². The van der Waals surface area contributed by atoms with E-state index in [1.807, 2.05) is 0 Å². The molecule has 0 atom stereocenters. The van der Waals surface area contributed by atoms with Gasteiger partial charge >= 0.3 is 10.4 Å². The van der Waals surface area contributed by atoms with Crippen molar-refractivity contribution in [1.29, 1.82) is 0 Å². The Morgan fingerprint density at radius 1 is 1.05 bits per heavy atom. The standard InChI is InChI=1S/C14H12FNO5S/c1-10(17)16(21-22(18,19)20)14-8-4-12(5-9-14)11-2-6-13(15)7-3-11/h2-9H,1H3,(H,18,19,20). The zero-order chi connectivity index (χ0) is 16.3. The number of carbonyl (C=O) groups excluding carboxylic acids is 1. The minimum Gasteiger partial charge on any atom is -0.272 e. The van der Waals surface area contributed by atoms with Gasteiger partial charge in [0.15, 0.2) is 0 Å². The Bertz CT molecular complexity index is 772. The summed E-state index contributed by atoms with van der Waals surface area (Å²) in [6.45, 7) is 1.08. The molecule has 6 nitrogen and oxygen atoms in total. The van der Waals surface area contributed by atoms with Crippen LogP contribution in [0.4, 0.5) is 10.1 Å². The fourth-order valence-electron chi connectivity index (χ4n) is 1.80. The van der Waals surface area contributed by atoms with E-state index in [0.29, 0.717) is 5.06 Å². The summed E-state index contributed by atoms with van der Waals surface area (Å²) in [6.07, 6.45) is 0. The predicted molar refractivity (Wildman–Crippen MR) is 77.6 cm³/mol. The molecule has 0 aliphatic heterocycles. The smallest absolute Gasteiger partial charge is 0.272 e. The third kappa shape index (κ3) is 4.10. The number of hydroxylamine groups is 1. The van der Waals surface area contributed by atoms with Crippen molar-refractivity contribution in [2.75, 3.05) is 5.06 Å². The van der Waals surface area contributed by atoms with Gasteiger partial charge in [-0.15, -0.1) is 4.28 Å². The second-order valence-electron chi connectivity index (χ2n) is 4.37. The number of nitrogens with zero attached hydrogens (tertiary/aromatic N) is 1. The average molecular weight is 325 g/mol. The summed E-state index contributed by atoms with van der Waals surface area (Å²) >= 11 is 0. The summed E-state index contributed by atoms with van der Waals surface area (Å²) in [5, 5.41) is 0.448. The molecule has 2 aromatic carbocycles. The first-order valence-electron chi connectivity index (χ1n) is 6.10. The maximum absolute atomic E-state index is 12.9. The van der Waals surface area contributed by atoms with E-state index < -0.39 is 16.3 Å². The molecule has 0 aliphatic rings. The molecule has 0 fully saturated rings. The molecule has 2 aromatic rings. The molecular weight excluding hydrogens is 313 g/mol. The first kappa shape index (κ1) is 16.1. The maximum atomic E-state index is 12.9. The number of rotatable bonds is 4. The zero-order valence-electron chi connectivity index (χ0n) is 11.4. The van der Waals surface area contributed by atoms with Crippen molar-refractivity contribution in [1.82, 2.24) is 0 Å². The van der Waals surface area contributed by atoms with Gasteiger partial charge in [0, 0.05) is 6.92 Å². The van der Waals surface area contributed by atoms with Crippen molar-refractivity contribution >= 4 is 22.0 Å². The molecular formula is C14H12FNO5S. The van der Waals surface area contributed by atoms with Gasteiger partial charge in [0.25, 0.3) is 0 Å². The van der Waals surface area contributed by atoms with Crippen LogP contribution in [0.5, 0.6) is 0 Å². The zero-order valence-corrected chi connectivity index (χ0v) is 12.2. The molecule has 0 saturated carbocycles. The van der Waals surface area contributed by atoms with Gasteiger partial charge in [-0.25, -0.2) is 4.39 Å². The van der Waals surface area contributed by atoms with Gasteiger partial charge in [-0.05, 0) is 35.4 Å². The monoisotopic (exact) mass is 325 g/mol. The molecule has 1 amide bonds. The Kier molecular flexibility index (Phi) is 4.55. The lowest BCUT2D eigenvalue weighted by Crippen LogP contribution is -2.31. The van der Waals surface area contributed by atoms with E-state index in [1.165, 1.54) is 24.3 Å². The highest BCUT2D eigenvalue weighted by Gasteiger charge is 2.19. The van der Waals surface area contributed by atoms with Gasteiger partial charge in [0.05, 0.1) is 5.69 Å². The summed E-state index contributed by atoms with van der Waals surface area (Å²) in [5.74, 6) is -1.09. The van der Waals surface area contributed by atoms with Crippen molar-refractivity contribution < 1.29 is 26.4 Å². The lowest BCUT2D eigenvalue weighted by Gasteiger charge is -2.17. The second-order valence-corrected chi connectivity index (χ2v) is 5.37. The van der Waals surface area contributed by atoms with E-state index in [4.69, 9.17) is 4.55 Å². The maximum Gasteiger partial charge on any atom is 0.418 e. The lowest BCUT2D eigenvalue weighted by atomic mass is 10.1. The van der Waals surface area contributed by atoms with Crippen LogP contribution in [0.1, 0.15) is 6.92 Å². The summed E-state index contributed by atoms with van der Waals surface area (Å²) in [4.78, 5) is 11.4. The van der Waals surface area contributed by atoms with Gasteiger partial charge < -0.3 is 0 Å². The quantitative estimate of drug-likeness (QED) is 0.690. The van der Waals surface area contributed by atoms with Crippen molar-refractivity contribution in [2.45, 2.75) is 6.92 Å². The van der Waals surface area contributed by atoms with Crippen LogP contribution in [-0.2, 0) is 19.5 Å². The SMILES string of the molecule is CC(=O)N(OS(=O)(=O)O)c1ccc(-c2ccc(F)cc2)cc1. The third-order valence-electron chi connectivity index (χ3n) is 2.73. The van der Waals surface area contributed by atoms with Crippen LogP contribution in [0.15, 0.2) is 48.5 Å². The Balaban J connectivity index is 2.30. The number of benzene rings is 2. The van der Waals surface area contributed by atoms with Crippen LogP contribution in [0.2, 0.25) is 0 Å². The summed E-state index contributed by atoms with van der Waals surface area (Å²) in [6, 6.07) is 11.9. The average Bonchev–Trinajstić information content (AvgIpc) is 2.45. The van der Waals surface area contributed by atoms with Crippen molar-refractivity contribution in [2.24, 2.45) is 0 Å². The topological polar surface area (TPSA) is 83.9 Å². The van der Waals surface area contributed by atoms with Crippen LogP contribution in [0.25, 0.3) is 11.1 Å². The molecule has 116 valence electrons. The van der Waals surface area contributed by atoms with Crippen molar-refractivity contribution in [3.63, 3.8) is 0 Å². The number of carbonyl (C=O) groups is 1. The highest BCUT2D eigenvalue weighted by Crippen LogP contribution is 2.24. The molecule has 0 saturated heterocycles. The normalized spacial score (nSPS) is 11.2. The molecule has 22 heavy (non-hydrogen) atoms. The minimum absolute atomic E-state index is 0.121. The molecule has 0 radical (unpaired) electrons. The number of anilines is 1. The molecule has 0 aliphatic carbocycles. The summed E-state index contributed by atoms with van der Waals surface area (Å²) in [5.41, 5.74) is 1.60. The first-order valence-corrected chi connectivity index (χ1v) is 7.46. The highest BCUT2D eigenvalue weighted by atomic mass is 32.3. The van der Waals surface area contributed by atoms with Crippen LogP contribution in [0, 0.1) is 5.82 Å². The van der Waals surface area contributed by atoms with Gasteiger partial charge in [-0.1, -0.05) is 24.3 Å². The number of hydrogen-bond donors (Lipinski definition) is 1. The lowest BCUT2D eigenvalue weighted by molar-refractivity contribution is -0.120. The van der Waals surface area contributed by atoms with Crippen molar-refractivity contribution in [3.8, 4) is 11.1 Å². The van der Waals surface area contributed by atoms with Gasteiger partial charge in [0.2, 0.25) is 5.91 Å². The largest absolute Gasteiger partial charge is 0.418 e. The Labute approximate surface area is 126 Å². The summed E-state index contributed by atoms with van der Waals surface area (Å²) in [7, 11) is -4.82. The number of hydrogen-bond acceptors (Lipinski definition) is 4. The highest BCUT2D eigenvalue weighted by molar-refractivity contribution is 7.81. The molecule has 0 aromatic heterocycles. The van der Waals surface area contributed by atoms with Crippen LogP contribution < -0.4 is 5.06 Å². The molecule has 8 heteroatoms. The van der Waals surface area contributed by atoms with Crippen LogP contribution >= 0.6 is 0 Å². The number of amides is 1. The van der Waals surface area contributed by atoms with E-state index in [0.717, 1.165) is 18.1 Å². The molecule has 0 spiro atoms. The first-order chi connectivity index (χ1) is 10.3. The Morgan fingerprint density at radius 2 is 1.50 bits per heavy atom. The van der Waals surface area contributed by atoms with E-state index >= 15 is 0 Å². The van der Waals surface area contributed by atoms with Crippen molar-refractivity contribution in [3.05, 3.63) is 54.3 Å². The van der Waals surface area contributed by atoms with Gasteiger partial charge in [0.1, 0.15) is 5.82 Å². The second kappa shape index (κ2) is 6.22. The Morgan fingerprint density at radius 3 is 1.91 bits per heavy atom. The molecule has 0 bridgehead atoms. The van der Waals surface area contributed by atoms with Gasteiger partial charge in [-0.2, -0.15) is 13.5 Å². The number of halogens is 1. The van der Waals surface area contributed by atoms with Crippen LogP contribution in [-0.4, -0.2) is 18.9 Å². The fraction of sp³-hybridized carbons (Fsp3) is 0.0714. The molecule has 0 heterocycles. The summed E-state index contributed by atoms with van der Waals surface area (Å²) < 4.78 is 47.3. The minimum atomic E-state index is -4.82. The molecule has 1 N–H and O–H groups in total. The van der Waals surface area contributed by atoms with Gasteiger partial charge in [-0.3, -0.25) is 9.35 Å².